The molecule has 3 nitrogen and oxygen atoms in total. The van der Waals surface area contributed by atoms with Crippen molar-refractivity contribution in [3.63, 3.8) is 0 Å². The molecule has 0 bridgehead atoms. The molecule has 0 amide bonds. The summed E-state index contributed by atoms with van der Waals surface area (Å²) in [5, 5.41) is 0. The van der Waals surface area contributed by atoms with Crippen LogP contribution in [0.2, 0.25) is 0 Å². The van der Waals surface area contributed by atoms with Crippen molar-refractivity contribution in [3.05, 3.63) is 69.4 Å². The van der Waals surface area contributed by atoms with Crippen molar-refractivity contribution in [1.82, 2.24) is 4.57 Å². The molecule has 1 aromatic heterocycles. The molecule has 4 heteroatoms. The van der Waals surface area contributed by atoms with Gasteiger partial charge in [-0.3, -0.25) is 9.59 Å². The number of carbonyl (C=O) groups excluding carboxylic acids is 1. The highest BCUT2D eigenvalue weighted by Crippen LogP contribution is 2.20. The Labute approximate surface area is 115 Å². The third-order valence-electron chi connectivity index (χ3n) is 3.67. The van der Waals surface area contributed by atoms with E-state index in [1.807, 2.05) is 0 Å². The number of halogens is 1. The molecule has 3 rings (SSSR count). The van der Waals surface area contributed by atoms with E-state index in [1.165, 1.54) is 18.2 Å². The smallest absolute Gasteiger partial charge is 0.251 e. The third-order valence-corrected chi connectivity index (χ3v) is 3.67. The molecule has 0 N–H and O–H groups in total. The zero-order valence-corrected chi connectivity index (χ0v) is 10.9. The first-order valence-electron chi connectivity index (χ1n) is 6.65. The summed E-state index contributed by atoms with van der Waals surface area (Å²) in [6, 6.07) is 9.13. The van der Waals surface area contributed by atoms with Crippen LogP contribution in [0.5, 0.6) is 0 Å². The van der Waals surface area contributed by atoms with Crippen molar-refractivity contribution in [2.45, 2.75) is 25.8 Å². The van der Waals surface area contributed by atoms with Crippen LogP contribution in [0, 0.1) is 5.82 Å². The summed E-state index contributed by atoms with van der Waals surface area (Å²) in [6.07, 6.45) is 2.05. The van der Waals surface area contributed by atoms with Gasteiger partial charge in [-0.05, 0) is 36.6 Å². The lowest BCUT2D eigenvalue weighted by Crippen LogP contribution is -2.28. The molecule has 0 saturated carbocycles. The van der Waals surface area contributed by atoms with E-state index in [9.17, 15) is 14.0 Å². The van der Waals surface area contributed by atoms with Gasteiger partial charge in [0.25, 0.3) is 5.56 Å². The Kier molecular flexibility index (Phi) is 3.22. The average molecular weight is 271 g/mol. The summed E-state index contributed by atoms with van der Waals surface area (Å²) < 4.78 is 14.5. The minimum absolute atomic E-state index is 0.0964. The van der Waals surface area contributed by atoms with E-state index >= 15 is 0 Å². The van der Waals surface area contributed by atoms with E-state index in [-0.39, 0.29) is 17.2 Å². The number of hydrogen-bond donors (Lipinski definition) is 0. The lowest BCUT2D eigenvalue weighted by atomic mass is 9.94. The van der Waals surface area contributed by atoms with Gasteiger partial charge in [0.05, 0.1) is 6.54 Å². The summed E-state index contributed by atoms with van der Waals surface area (Å²) in [4.78, 5) is 23.9. The minimum atomic E-state index is -0.300. The number of benzene rings is 1. The van der Waals surface area contributed by atoms with Crippen LogP contribution in [-0.4, -0.2) is 10.4 Å². The fraction of sp³-hybridized carbons (Fsp3) is 0.250. The molecular formula is C16H14FNO2. The molecular weight excluding hydrogens is 257 g/mol. The van der Waals surface area contributed by atoms with Crippen LogP contribution in [-0.2, 0) is 13.0 Å². The van der Waals surface area contributed by atoms with Gasteiger partial charge in [-0.15, -0.1) is 0 Å². The first kappa shape index (κ1) is 12.8. The molecule has 0 saturated heterocycles. The summed E-state index contributed by atoms with van der Waals surface area (Å²) in [7, 11) is 0. The lowest BCUT2D eigenvalue weighted by molar-refractivity contribution is 0.0970. The summed E-state index contributed by atoms with van der Waals surface area (Å²) in [5.74, 6) is -0.203. The van der Waals surface area contributed by atoms with Crippen LogP contribution >= 0.6 is 0 Å². The van der Waals surface area contributed by atoms with E-state index in [1.54, 1.807) is 22.8 Å². The Morgan fingerprint density at radius 3 is 2.50 bits per heavy atom. The Balaban J connectivity index is 2.05. The fourth-order valence-corrected chi connectivity index (χ4v) is 2.64. The molecule has 0 fully saturated rings. The largest absolute Gasteiger partial charge is 0.308 e. The Morgan fingerprint density at radius 2 is 1.75 bits per heavy atom. The van der Waals surface area contributed by atoms with Crippen molar-refractivity contribution in [2.24, 2.45) is 0 Å². The van der Waals surface area contributed by atoms with Gasteiger partial charge in [-0.1, -0.05) is 12.1 Å². The van der Waals surface area contributed by atoms with E-state index in [0.29, 0.717) is 18.5 Å². The molecule has 2 aromatic rings. The van der Waals surface area contributed by atoms with Gasteiger partial charge in [0, 0.05) is 23.7 Å². The van der Waals surface area contributed by atoms with Crippen molar-refractivity contribution >= 4 is 5.78 Å². The van der Waals surface area contributed by atoms with Gasteiger partial charge >= 0.3 is 0 Å². The number of carbonyl (C=O) groups is 1. The molecule has 0 aliphatic heterocycles. The molecule has 0 atom stereocenters. The maximum Gasteiger partial charge on any atom is 0.251 e. The standard InChI is InChI=1S/C16H14FNO2/c17-12-6-4-11(5-7-12)10-18-14-2-1-3-15(19)13(14)8-9-16(18)20/h4-9H,1-3,10H2. The SMILES string of the molecule is O=C1CCCc2c1ccc(=O)n2Cc1ccc(F)cc1. The minimum Gasteiger partial charge on any atom is -0.308 e. The average Bonchev–Trinajstić information content (AvgIpc) is 2.44. The van der Waals surface area contributed by atoms with E-state index in [2.05, 4.69) is 0 Å². The number of rotatable bonds is 2. The normalized spacial score (nSPS) is 14.2. The highest BCUT2D eigenvalue weighted by atomic mass is 19.1. The zero-order valence-electron chi connectivity index (χ0n) is 10.9. The highest BCUT2D eigenvalue weighted by Gasteiger charge is 2.20. The first-order valence-corrected chi connectivity index (χ1v) is 6.65. The van der Waals surface area contributed by atoms with Crippen LogP contribution in [0.3, 0.4) is 0 Å². The summed E-state index contributed by atoms with van der Waals surface area (Å²) >= 11 is 0. The number of hydrogen-bond acceptors (Lipinski definition) is 2. The van der Waals surface area contributed by atoms with E-state index < -0.39 is 0 Å². The van der Waals surface area contributed by atoms with Gasteiger partial charge < -0.3 is 4.57 Å². The predicted molar refractivity (Wildman–Crippen MR) is 73.5 cm³/mol. The molecule has 0 unspecified atom stereocenters. The van der Waals surface area contributed by atoms with E-state index in [4.69, 9.17) is 0 Å². The summed E-state index contributed by atoms with van der Waals surface area (Å²) in [6.45, 7) is 0.371. The van der Waals surface area contributed by atoms with Gasteiger partial charge in [-0.25, -0.2) is 4.39 Å². The maximum absolute atomic E-state index is 12.9. The Morgan fingerprint density at radius 1 is 1.00 bits per heavy atom. The number of pyridine rings is 1. The van der Waals surface area contributed by atoms with Crippen LogP contribution in [0.4, 0.5) is 4.39 Å². The molecule has 1 aliphatic carbocycles. The van der Waals surface area contributed by atoms with Crippen LogP contribution in [0.15, 0.2) is 41.2 Å². The third kappa shape index (κ3) is 2.29. The summed E-state index contributed by atoms with van der Waals surface area (Å²) in [5.41, 5.74) is 2.18. The molecule has 0 radical (unpaired) electrons. The van der Waals surface area contributed by atoms with Gasteiger partial charge in [0.15, 0.2) is 5.78 Å². The number of nitrogens with zero attached hydrogens (tertiary/aromatic N) is 1. The van der Waals surface area contributed by atoms with Crippen LogP contribution in [0.1, 0.15) is 34.5 Å². The first-order chi connectivity index (χ1) is 9.65. The van der Waals surface area contributed by atoms with Gasteiger partial charge in [0.2, 0.25) is 0 Å². The second-order valence-electron chi connectivity index (χ2n) is 5.02. The lowest BCUT2D eigenvalue weighted by Gasteiger charge is -2.20. The molecule has 102 valence electrons. The van der Waals surface area contributed by atoms with Crippen molar-refractivity contribution < 1.29 is 9.18 Å². The molecule has 20 heavy (non-hydrogen) atoms. The number of fused-ring (bicyclic) bond motifs is 1. The molecule has 0 spiro atoms. The quantitative estimate of drug-likeness (QED) is 0.842. The number of Topliss-reactive ketones (excluding diaryl/α,β-unsaturated/α-hetero) is 1. The fourth-order valence-electron chi connectivity index (χ4n) is 2.64. The van der Waals surface area contributed by atoms with Crippen LogP contribution in [0.25, 0.3) is 0 Å². The topological polar surface area (TPSA) is 39.1 Å². The van der Waals surface area contributed by atoms with Gasteiger partial charge in [-0.2, -0.15) is 0 Å². The molecule has 1 heterocycles. The van der Waals surface area contributed by atoms with Crippen LogP contribution < -0.4 is 5.56 Å². The molecule has 1 aliphatic rings. The maximum atomic E-state index is 12.9. The number of aromatic nitrogens is 1. The second-order valence-corrected chi connectivity index (χ2v) is 5.02. The predicted octanol–water partition coefficient (Wildman–Crippen LogP) is 2.55. The zero-order chi connectivity index (χ0) is 14.1. The van der Waals surface area contributed by atoms with Crippen molar-refractivity contribution in [3.8, 4) is 0 Å². The Hall–Kier alpha value is -2.23. The van der Waals surface area contributed by atoms with Gasteiger partial charge in [0.1, 0.15) is 5.82 Å². The number of ketones is 1. The monoisotopic (exact) mass is 271 g/mol. The van der Waals surface area contributed by atoms with E-state index in [0.717, 1.165) is 24.1 Å². The molecule has 1 aromatic carbocycles. The highest BCUT2D eigenvalue weighted by molar-refractivity contribution is 5.97. The second kappa shape index (κ2) is 5.04. The van der Waals surface area contributed by atoms with Crippen molar-refractivity contribution in [1.29, 1.82) is 0 Å². The Bertz CT molecular complexity index is 716. The van der Waals surface area contributed by atoms with Crippen molar-refractivity contribution in [2.75, 3.05) is 0 Å².